The Bertz CT molecular complexity index is 513. The lowest BCUT2D eigenvalue weighted by Gasteiger charge is -2.22. The molecule has 2 heterocycles. The summed E-state index contributed by atoms with van der Waals surface area (Å²) < 4.78 is 39.4. The summed E-state index contributed by atoms with van der Waals surface area (Å²) >= 11 is 0. The first-order valence-corrected chi connectivity index (χ1v) is 8.13. The molecule has 0 spiro atoms. The SMILES string of the molecule is CCn1cc(S(=O)(=O)NCC2COCCO2)cc1CN. The van der Waals surface area contributed by atoms with Gasteiger partial charge in [-0.25, -0.2) is 13.1 Å². The Labute approximate surface area is 119 Å². The molecule has 1 fully saturated rings. The van der Waals surface area contributed by atoms with Crippen LogP contribution in [0.2, 0.25) is 0 Å². The summed E-state index contributed by atoms with van der Waals surface area (Å²) in [5, 5.41) is 0. The fraction of sp³-hybridized carbons (Fsp3) is 0.667. The van der Waals surface area contributed by atoms with Crippen molar-refractivity contribution in [2.24, 2.45) is 5.73 Å². The number of rotatable bonds is 6. The quantitative estimate of drug-likeness (QED) is 0.749. The zero-order valence-corrected chi connectivity index (χ0v) is 12.4. The standard InChI is InChI=1S/C12H21N3O4S/c1-2-15-8-12(5-10(15)6-13)20(16,17)14-7-11-9-18-3-4-19-11/h5,8,11,14H,2-4,6-7,9,13H2,1H3. The highest BCUT2D eigenvalue weighted by atomic mass is 32.2. The molecule has 0 radical (unpaired) electrons. The van der Waals surface area contributed by atoms with Crippen LogP contribution in [0.1, 0.15) is 12.6 Å². The Morgan fingerprint density at radius 1 is 1.50 bits per heavy atom. The van der Waals surface area contributed by atoms with E-state index in [2.05, 4.69) is 4.72 Å². The van der Waals surface area contributed by atoms with Gasteiger partial charge in [0.25, 0.3) is 0 Å². The summed E-state index contributed by atoms with van der Waals surface area (Å²) in [6.45, 7) is 4.60. The van der Waals surface area contributed by atoms with Gasteiger partial charge in [0.1, 0.15) is 0 Å². The highest BCUT2D eigenvalue weighted by Gasteiger charge is 2.21. The number of sulfonamides is 1. The number of aromatic nitrogens is 1. The summed E-state index contributed by atoms with van der Waals surface area (Å²) in [5.41, 5.74) is 6.40. The van der Waals surface area contributed by atoms with E-state index >= 15 is 0 Å². The normalized spacial score (nSPS) is 20.2. The molecule has 3 N–H and O–H groups in total. The minimum atomic E-state index is -3.54. The molecule has 0 aromatic carbocycles. The number of aryl methyl sites for hydroxylation is 1. The van der Waals surface area contributed by atoms with Crippen LogP contribution in [0.5, 0.6) is 0 Å². The van der Waals surface area contributed by atoms with Crippen LogP contribution in [-0.4, -0.2) is 45.5 Å². The maximum atomic E-state index is 12.2. The van der Waals surface area contributed by atoms with Crippen molar-refractivity contribution in [1.29, 1.82) is 0 Å². The largest absolute Gasteiger partial charge is 0.376 e. The number of nitrogens with two attached hydrogens (primary N) is 1. The van der Waals surface area contributed by atoms with Gasteiger partial charge in [0.05, 0.1) is 30.8 Å². The lowest BCUT2D eigenvalue weighted by atomic mass is 10.3. The van der Waals surface area contributed by atoms with E-state index in [1.165, 1.54) is 0 Å². The maximum Gasteiger partial charge on any atom is 0.242 e. The maximum absolute atomic E-state index is 12.2. The van der Waals surface area contributed by atoms with Crippen LogP contribution >= 0.6 is 0 Å². The van der Waals surface area contributed by atoms with Gasteiger partial charge in [-0.15, -0.1) is 0 Å². The molecular formula is C12H21N3O4S. The van der Waals surface area contributed by atoms with E-state index in [1.807, 2.05) is 11.5 Å². The molecule has 2 rings (SSSR count). The minimum Gasteiger partial charge on any atom is -0.376 e. The number of nitrogens with zero attached hydrogens (tertiary/aromatic N) is 1. The molecule has 8 heteroatoms. The Morgan fingerprint density at radius 3 is 2.85 bits per heavy atom. The lowest BCUT2D eigenvalue weighted by molar-refractivity contribution is -0.0846. The fourth-order valence-electron chi connectivity index (χ4n) is 2.08. The number of hydrogen-bond acceptors (Lipinski definition) is 5. The molecular weight excluding hydrogens is 282 g/mol. The molecule has 1 aliphatic rings. The van der Waals surface area contributed by atoms with Gasteiger partial charge in [0, 0.05) is 31.5 Å². The fourth-order valence-corrected chi connectivity index (χ4v) is 3.21. The third-order valence-corrected chi connectivity index (χ3v) is 4.60. The van der Waals surface area contributed by atoms with Crippen molar-refractivity contribution in [3.8, 4) is 0 Å². The average molecular weight is 303 g/mol. The lowest BCUT2D eigenvalue weighted by Crippen LogP contribution is -2.39. The van der Waals surface area contributed by atoms with E-state index < -0.39 is 10.0 Å². The van der Waals surface area contributed by atoms with Gasteiger partial charge in [-0.05, 0) is 13.0 Å². The second-order valence-corrected chi connectivity index (χ2v) is 6.34. The first kappa shape index (κ1) is 15.5. The summed E-state index contributed by atoms with van der Waals surface area (Å²) in [6, 6.07) is 1.60. The van der Waals surface area contributed by atoms with E-state index in [0.717, 1.165) is 5.69 Å². The van der Waals surface area contributed by atoms with Gasteiger partial charge in [-0.2, -0.15) is 0 Å². The van der Waals surface area contributed by atoms with Crippen molar-refractivity contribution in [2.75, 3.05) is 26.4 Å². The van der Waals surface area contributed by atoms with Crippen molar-refractivity contribution in [2.45, 2.75) is 31.0 Å². The zero-order chi connectivity index (χ0) is 14.6. The molecule has 114 valence electrons. The number of ether oxygens (including phenoxy) is 2. The molecule has 1 aromatic rings. The molecule has 1 aromatic heterocycles. The smallest absolute Gasteiger partial charge is 0.242 e. The van der Waals surface area contributed by atoms with E-state index in [-0.39, 0.29) is 17.5 Å². The van der Waals surface area contributed by atoms with Crippen LogP contribution < -0.4 is 10.5 Å². The summed E-state index contributed by atoms with van der Waals surface area (Å²) in [5.74, 6) is 0. The van der Waals surface area contributed by atoms with Crippen molar-refractivity contribution in [1.82, 2.24) is 9.29 Å². The van der Waals surface area contributed by atoms with Crippen molar-refractivity contribution < 1.29 is 17.9 Å². The molecule has 1 atom stereocenters. The molecule has 1 saturated heterocycles. The van der Waals surface area contributed by atoms with Gasteiger partial charge in [-0.3, -0.25) is 0 Å². The number of hydrogen-bond donors (Lipinski definition) is 2. The van der Waals surface area contributed by atoms with E-state index in [0.29, 0.717) is 32.9 Å². The Kier molecular flexibility index (Phi) is 5.17. The second kappa shape index (κ2) is 6.68. The van der Waals surface area contributed by atoms with Crippen LogP contribution in [0.15, 0.2) is 17.2 Å². The van der Waals surface area contributed by atoms with Gasteiger partial charge in [-0.1, -0.05) is 0 Å². The van der Waals surface area contributed by atoms with Crippen molar-refractivity contribution >= 4 is 10.0 Å². The van der Waals surface area contributed by atoms with Crippen LogP contribution in [-0.2, 0) is 32.6 Å². The van der Waals surface area contributed by atoms with Gasteiger partial charge in [0.15, 0.2) is 0 Å². The third kappa shape index (κ3) is 3.58. The third-order valence-electron chi connectivity index (χ3n) is 3.21. The van der Waals surface area contributed by atoms with Crippen LogP contribution in [0.25, 0.3) is 0 Å². The second-order valence-electron chi connectivity index (χ2n) is 4.58. The van der Waals surface area contributed by atoms with Crippen LogP contribution in [0.3, 0.4) is 0 Å². The molecule has 1 aliphatic heterocycles. The predicted molar refractivity (Wildman–Crippen MR) is 73.7 cm³/mol. The molecule has 0 bridgehead atoms. The Hall–Kier alpha value is -0.930. The van der Waals surface area contributed by atoms with Gasteiger partial charge >= 0.3 is 0 Å². The predicted octanol–water partition coefficient (Wildman–Crippen LogP) is -0.340. The molecule has 7 nitrogen and oxygen atoms in total. The van der Waals surface area contributed by atoms with Gasteiger partial charge in [0.2, 0.25) is 10.0 Å². The van der Waals surface area contributed by atoms with Crippen molar-refractivity contribution in [3.63, 3.8) is 0 Å². The molecule has 0 amide bonds. The summed E-state index contributed by atoms with van der Waals surface area (Å²) in [6.07, 6.45) is 1.36. The Balaban J connectivity index is 2.03. The van der Waals surface area contributed by atoms with Crippen LogP contribution in [0.4, 0.5) is 0 Å². The first-order valence-electron chi connectivity index (χ1n) is 6.65. The van der Waals surface area contributed by atoms with Crippen molar-refractivity contribution in [3.05, 3.63) is 18.0 Å². The monoisotopic (exact) mass is 303 g/mol. The molecule has 1 unspecified atom stereocenters. The first-order chi connectivity index (χ1) is 9.56. The number of nitrogens with one attached hydrogen (secondary N) is 1. The summed E-state index contributed by atoms with van der Waals surface area (Å²) in [4.78, 5) is 0.233. The molecule has 0 saturated carbocycles. The van der Waals surface area contributed by atoms with Gasteiger partial charge < -0.3 is 19.8 Å². The molecule has 20 heavy (non-hydrogen) atoms. The topological polar surface area (TPSA) is 95.6 Å². The highest BCUT2D eigenvalue weighted by Crippen LogP contribution is 2.14. The highest BCUT2D eigenvalue weighted by molar-refractivity contribution is 7.89. The van der Waals surface area contributed by atoms with Crippen LogP contribution in [0, 0.1) is 0 Å². The summed E-state index contributed by atoms with van der Waals surface area (Å²) in [7, 11) is -3.54. The van der Waals surface area contributed by atoms with E-state index in [1.54, 1.807) is 12.3 Å². The molecule has 0 aliphatic carbocycles. The average Bonchev–Trinajstić information content (AvgIpc) is 2.90. The minimum absolute atomic E-state index is 0.206. The van der Waals surface area contributed by atoms with E-state index in [9.17, 15) is 8.42 Å². The van der Waals surface area contributed by atoms with E-state index in [4.69, 9.17) is 15.2 Å². The Morgan fingerprint density at radius 2 is 2.30 bits per heavy atom. The zero-order valence-electron chi connectivity index (χ0n) is 11.5.